The van der Waals surface area contributed by atoms with Crippen LogP contribution in [0.25, 0.3) is 0 Å². The minimum atomic E-state index is -0.196. The second-order valence-electron chi connectivity index (χ2n) is 3.50. The number of benzene rings is 1. The van der Waals surface area contributed by atoms with E-state index in [1.54, 1.807) is 12.1 Å². The number of halogens is 1. The number of likely N-dealkylation sites (N-methyl/N-ethyl adjacent to an activating group) is 1. The topological polar surface area (TPSA) is 29.3 Å². The van der Waals surface area contributed by atoms with Gasteiger partial charge in [0.15, 0.2) is 0 Å². The van der Waals surface area contributed by atoms with E-state index >= 15 is 0 Å². The average Bonchev–Trinajstić information content (AvgIpc) is 2.18. The molecule has 0 aromatic heterocycles. The van der Waals surface area contributed by atoms with Crippen LogP contribution < -0.4 is 10.6 Å². The first-order valence-electron chi connectivity index (χ1n) is 4.86. The third kappa shape index (κ3) is 2.70. The summed E-state index contributed by atoms with van der Waals surface area (Å²) in [4.78, 5) is 1.85. The molecule has 0 bridgehead atoms. The molecule has 1 aromatic rings. The quantitative estimate of drug-likeness (QED) is 0.798. The van der Waals surface area contributed by atoms with Crippen LogP contribution in [0.5, 0.6) is 0 Å². The van der Waals surface area contributed by atoms with Crippen molar-refractivity contribution in [2.75, 3.05) is 18.5 Å². The highest BCUT2D eigenvalue weighted by Crippen LogP contribution is 2.16. The van der Waals surface area contributed by atoms with E-state index in [0.29, 0.717) is 12.2 Å². The summed E-state index contributed by atoms with van der Waals surface area (Å²) < 4.78 is 13.3. The summed E-state index contributed by atoms with van der Waals surface area (Å²) in [6.07, 6.45) is 0.902. The molecule has 0 radical (unpaired) electrons. The molecule has 0 fully saturated rings. The predicted molar refractivity (Wildman–Crippen MR) is 57.9 cm³/mol. The number of nitrogens with zero attached hydrogens (tertiary/aromatic N) is 1. The van der Waals surface area contributed by atoms with Gasteiger partial charge in [-0.3, -0.25) is 0 Å². The van der Waals surface area contributed by atoms with Crippen molar-refractivity contribution in [3.05, 3.63) is 30.1 Å². The molecule has 2 nitrogen and oxygen atoms in total. The van der Waals surface area contributed by atoms with Gasteiger partial charge in [0.25, 0.3) is 0 Å². The molecule has 0 aliphatic heterocycles. The zero-order valence-corrected chi connectivity index (χ0v) is 8.70. The van der Waals surface area contributed by atoms with Crippen molar-refractivity contribution in [1.29, 1.82) is 0 Å². The van der Waals surface area contributed by atoms with Crippen molar-refractivity contribution in [2.45, 2.75) is 19.4 Å². The maximum Gasteiger partial charge on any atom is 0.146 e. The molecule has 0 aliphatic carbocycles. The Hall–Kier alpha value is -1.09. The van der Waals surface area contributed by atoms with E-state index in [9.17, 15) is 4.39 Å². The standard InChI is InChI=1S/C11H17FN2/c1-3-9(13)8-14(2)11-7-5-4-6-10(11)12/h4-7,9H,3,8,13H2,1-2H3. The minimum Gasteiger partial charge on any atom is -0.371 e. The Morgan fingerprint density at radius 3 is 2.64 bits per heavy atom. The first-order chi connectivity index (χ1) is 6.65. The Balaban J connectivity index is 2.69. The Morgan fingerprint density at radius 2 is 2.07 bits per heavy atom. The summed E-state index contributed by atoms with van der Waals surface area (Å²) in [6.45, 7) is 2.71. The largest absolute Gasteiger partial charge is 0.371 e. The molecule has 0 heterocycles. The molecule has 1 aromatic carbocycles. The summed E-state index contributed by atoms with van der Waals surface area (Å²) >= 11 is 0. The highest BCUT2D eigenvalue weighted by atomic mass is 19.1. The van der Waals surface area contributed by atoms with Gasteiger partial charge in [0.05, 0.1) is 5.69 Å². The molecule has 78 valence electrons. The Kier molecular flexibility index (Phi) is 3.89. The summed E-state index contributed by atoms with van der Waals surface area (Å²) in [6, 6.07) is 6.83. The average molecular weight is 196 g/mol. The minimum absolute atomic E-state index is 0.0969. The van der Waals surface area contributed by atoms with E-state index in [2.05, 4.69) is 0 Å². The first kappa shape index (κ1) is 11.0. The highest BCUT2D eigenvalue weighted by Gasteiger charge is 2.08. The van der Waals surface area contributed by atoms with Gasteiger partial charge >= 0.3 is 0 Å². The van der Waals surface area contributed by atoms with E-state index in [4.69, 9.17) is 5.73 Å². The third-order valence-corrected chi connectivity index (χ3v) is 2.30. The van der Waals surface area contributed by atoms with Crippen LogP contribution in [0.3, 0.4) is 0 Å². The van der Waals surface area contributed by atoms with Crippen LogP contribution in [-0.4, -0.2) is 19.6 Å². The molecule has 0 spiro atoms. The summed E-state index contributed by atoms with van der Waals surface area (Å²) in [5, 5.41) is 0. The van der Waals surface area contributed by atoms with Gasteiger partial charge in [0, 0.05) is 19.6 Å². The molecule has 1 unspecified atom stereocenters. The maximum absolute atomic E-state index is 13.3. The van der Waals surface area contributed by atoms with Crippen LogP contribution in [0.2, 0.25) is 0 Å². The van der Waals surface area contributed by atoms with E-state index in [0.717, 1.165) is 6.42 Å². The molecular formula is C11H17FN2. The van der Waals surface area contributed by atoms with Crippen LogP contribution in [0.4, 0.5) is 10.1 Å². The van der Waals surface area contributed by atoms with Gasteiger partial charge in [-0.25, -0.2) is 4.39 Å². The lowest BCUT2D eigenvalue weighted by atomic mass is 10.2. The second-order valence-corrected chi connectivity index (χ2v) is 3.50. The van der Waals surface area contributed by atoms with Crippen molar-refractivity contribution in [3.8, 4) is 0 Å². The van der Waals surface area contributed by atoms with E-state index in [-0.39, 0.29) is 11.9 Å². The lowest BCUT2D eigenvalue weighted by Crippen LogP contribution is -2.35. The van der Waals surface area contributed by atoms with Crippen LogP contribution in [0, 0.1) is 5.82 Å². The fraction of sp³-hybridized carbons (Fsp3) is 0.455. The first-order valence-corrected chi connectivity index (χ1v) is 4.86. The fourth-order valence-electron chi connectivity index (χ4n) is 1.34. The monoisotopic (exact) mass is 196 g/mol. The molecule has 2 N–H and O–H groups in total. The van der Waals surface area contributed by atoms with Gasteiger partial charge in [0.2, 0.25) is 0 Å². The van der Waals surface area contributed by atoms with Gasteiger partial charge < -0.3 is 10.6 Å². The predicted octanol–water partition coefficient (Wildman–Crippen LogP) is 2.00. The highest BCUT2D eigenvalue weighted by molar-refractivity contribution is 5.46. The van der Waals surface area contributed by atoms with Gasteiger partial charge in [0.1, 0.15) is 5.82 Å². The number of para-hydroxylation sites is 1. The fourth-order valence-corrected chi connectivity index (χ4v) is 1.34. The molecule has 3 heteroatoms. The summed E-state index contributed by atoms with van der Waals surface area (Å²) in [5.74, 6) is -0.196. The van der Waals surface area contributed by atoms with Crippen molar-refractivity contribution in [1.82, 2.24) is 0 Å². The number of hydrogen-bond donors (Lipinski definition) is 1. The van der Waals surface area contributed by atoms with E-state index in [1.165, 1.54) is 6.07 Å². The number of hydrogen-bond acceptors (Lipinski definition) is 2. The summed E-state index contributed by atoms with van der Waals surface area (Å²) in [5.41, 5.74) is 6.40. The van der Waals surface area contributed by atoms with Crippen molar-refractivity contribution in [2.24, 2.45) is 5.73 Å². The SMILES string of the molecule is CCC(N)CN(C)c1ccccc1F. The molecule has 14 heavy (non-hydrogen) atoms. The van der Waals surface area contributed by atoms with Crippen LogP contribution in [0.15, 0.2) is 24.3 Å². The Labute approximate surface area is 84.5 Å². The molecule has 0 amide bonds. The summed E-state index contributed by atoms with van der Waals surface area (Å²) in [7, 11) is 1.86. The molecule has 0 aliphatic rings. The third-order valence-electron chi connectivity index (χ3n) is 2.30. The number of nitrogens with two attached hydrogens (primary N) is 1. The lowest BCUT2D eigenvalue weighted by Gasteiger charge is -2.22. The van der Waals surface area contributed by atoms with Gasteiger partial charge in [-0.15, -0.1) is 0 Å². The smallest absolute Gasteiger partial charge is 0.146 e. The zero-order chi connectivity index (χ0) is 10.6. The molecule has 1 rings (SSSR count). The van der Waals surface area contributed by atoms with Gasteiger partial charge in [-0.05, 0) is 18.6 Å². The molecule has 1 atom stereocenters. The van der Waals surface area contributed by atoms with Crippen molar-refractivity contribution in [3.63, 3.8) is 0 Å². The van der Waals surface area contributed by atoms with E-state index < -0.39 is 0 Å². The van der Waals surface area contributed by atoms with Crippen LogP contribution in [-0.2, 0) is 0 Å². The van der Waals surface area contributed by atoms with Gasteiger partial charge in [-0.2, -0.15) is 0 Å². The van der Waals surface area contributed by atoms with Crippen LogP contribution in [0.1, 0.15) is 13.3 Å². The lowest BCUT2D eigenvalue weighted by molar-refractivity contribution is 0.602. The van der Waals surface area contributed by atoms with Crippen molar-refractivity contribution < 1.29 is 4.39 Å². The number of rotatable bonds is 4. The molecular weight excluding hydrogens is 179 g/mol. The normalized spacial score (nSPS) is 12.6. The maximum atomic E-state index is 13.3. The van der Waals surface area contributed by atoms with Gasteiger partial charge in [-0.1, -0.05) is 19.1 Å². The Bertz CT molecular complexity index is 288. The van der Waals surface area contributed by atoms with Crippen molar-refractivity contribution >= 4 is 5.69 Å². The zero-order valence-electron chi connectivity index (χ0n) is 8.70. The Morgan fingerprint density at radius 1 is 1.43 bits per heavy atom. The number of anilines is 1. The molecule has 0 saturated heterocycles. The molecule has 0 saturated carbocycles. The second kappa shape index (κ2) is 4.96. The van der Waals surface area contributed by atoms with Crippen LogP contribution >= 0.6 is 0 Å². The van der Waals surface area contributed by atoms with E-state index in [1.807, 2.05) is 24.9 Å².